The van der Waals surface area contributed by atoms with Crippen molar-refractivity contribution in [2.75, 3.05) is 26.8 Å². The van der Waals surface area contributed by atoms with E-state index in [4.69, 9.17) is 4.74 Å². The van der Waals surface area contributed by atoms with Gasteiger partial charge in [0.1, 0.15) is 0 Å². The van der Waals surface area contributed by atoms with E-state index >= 15 is 0 Å². The molecule has 1 amide bonds. The Balaban J connectivity index is 1.45. The first kappa shape index (κ1) is 18.4. The number of amides is 1. The van der Waals surface area contributed by atoms with Gasteiger partial charge in [-0.1, -0.05) is 24.3 Å². The molecule has 0 bridgehead atoms. The zero-order valence-corrected chi connectivity index (χ0v) is 16.0. The number of piperidine rings is 1. The number of carbonyl (C=O) groups excluding carboxylic acids is 1. The van der Waals surface area contributed by atoms with Crippen LogP contribution in [0.2, 0.25) is 0 Å². The third-order valence-electron chi connectivity index (χ3n) is 5.21. The van der Waals surface area contributed by atoms with Gasteiger partial charge in [0.15, 0.2) is 0 Å². The van der Waals surface area contributed by atoms with E-state index in [1.54, 1.807) is 19.5 Å². The van der Waals surface area contributed by atoms with Crippen molar-refractivity contribution in [1.29, 1.82) is 0 Å². The van der Waals surface area contributed by atoms with Crippen LogP contribution in [-0.2, 0) is 4.74 Å². The van der Waals surface area contributed by atoms with Gasteiger partial charge in [-0.05, 0) is 42.5 Å². The Bertz CT molecular complexity index is 903. The molecule has 0 saturated carbocycles. The van der Waals surface area contributed by atoms with E-state index in [0.717, 1.165) is 48.4 Å². The summed E-state index contributed by atoms with van der Waals surface area (Å²) < 4.78 is 5.26. The van der Waals surface area contributed by atoms with Crippen LogP contribution in [-0.4, -0.2) is 52.8 Å². The molecule has 144 valence electrons. The van der Waals surface area contributed by atoms with Crippen molar-refractivity contribution in [3.63, 3.8) is 0 Å². The highest BCUT2D eigenvalue weighted by Gasteiger charge is 2.24. The molecule has 1 aromatic carbocycles. The summed E-state index contributed by atoms with van der Waals surface area (Å²) in [6.07, 6.45) is 5.55. The minimum Gasteiger partial charge on any atom is -0.384 e. The summed E-state index contributed by atoms with van der Waals surface area (Å²) in [4.78, 5) is 19.2. The van der Waals surface area contributed by atoms with Gasteiger partial charge in [0.25, 0.3) is 5.91 Å². The largest absolute Gasteiger partial charge is 0.384 e. The molecule has 0 radical (unpaired) electrons. The standard InChI is InChI=1S/C22H24N4O2/c1-28-15-16-3-2-12-26(14-16)22(27)19-8-9-20(23-13-19)17-4-6-18(7-5-17)21-10-11-24-25-21/h4-11,13,16H,2-3,12,14-15H2,1H3,(H,24,25)/t16-/m0/s1. The first-order chi connectivity index (χ1) is 13.7. The lowest BCUT2D eigenvalue weighted by molar-refractivity contribution is 0.0570. The number of carbonyl (C=O) groups is 1. The molecule has 1 atom stereocenters. The Morgan fingerprint density at radius 3 is 2.68 bits per heavy atom. The van der Waals surface area contributed by atoms with Crippen LogP contribution in [0.1, 0.15) is 23.2 Å². The van der Waals surface area contributed by atoms with Crippen LogP contribution in [0, 0.1) is 5.92 Å². The Morgan fingerprint density at radius 2 is 2.00 bits per heavy atom. The number of aromatic nitrogens is 3. The molecule has 1 saturated heterocycles. The molecule has 0 aliphatic carbocycles. The number of nitrogens with zero attached hydrogens (tertiary/aromatic N) is 3. The number of pyridine rings is 1. The number of ether oxygens (including phenoxy) is 1. The highest BCUT2D eigenvalue weighted by molar-refractivity contribution is 5.94. The molecular weight excluding hydrogens is 352 g/mol. The van der Waals surface area contributed by atoms with E-state index in [1.165, 1.54) is 0 Å². The summed E-state index contributed by atoms with van der Waals surface area (Å²) in [5.74, 6) is 0.470. The van der Waals surface area contributed by atoms with Crippen molar-refractivity contribution in [2.24, 2.45) is 5.92 Å². The molecule has 0 unspecified atom stereocenters. The van der Waals surface area contributed by atoms with Gasteiger partial charge in [0.05, 0.1) is 23.6 Å². The number of hydrogen-bond donors (Lipinski definition) is 1. The highest BCUT2D eigenvalue weighted by atomic mass is 16.5. The average Bonchev–Trinajstić information content (AvgIpc) is 3.29. The Kier molecular flexibility index (Phi) is 5.48. The van der Waals surface area contributed by atoms with Crippen molar-refractivity contribution < 1.29 is 9.53 Å². The number of methoxy groups -OCH3 is 1. The maximum absolute atomic E-state index is 12.8. The van der Waals surface area contributed by atoms with Gasteiger partial charge in [-0.3, -0.25) is 14.9 Å². The molecule has 1 N–H and O–H groups in total. The molecule has 4 rings (SSSR count). The third-order valence-corrected chi connectivity index (χ3v) is 5.21. The maximum atomic E-state index is 12.8. The average molecular weight is 376 g/mol. The fourth-order valence-corrected chi connectivity index (χ4v) is 3.73. The first-order valence-corrected chi connectivity index (χ1v) is 9.59. The number of nitrogens with one attached hydrogen (secondary N) is 1. The van der Waals surface area contributed by atoms with Crippen molar-refractivity contribution in [1.82, 2.24) is 20.1 Å². The Hall–Kier alpha value is -2.99. The van der Waals surface area contributed by atoms with E-state index in [0.29, 0.717) is 18.1 Å². The molecule has 28 heavy (non-hydrogen) atoms. The van der Waals surface area contributed by atoms with E-state index < -0.39 is 0 Å². The Morgan fingerprint density at radius 1 is 1.18 bits per heavy atom. The summed E-state index contributed by atoms with van der Waals surface area (Å²) in [5, 5.41) is 6.94. The van der Waals surface area contributed by atoms with Gasteiger partial charge in [-0.25, -0.2) is 0 Å². The fraction of sp³-hybridized carbons (Fsp3) is 0.318. The second kappa shape index (κ2) is 8.35. The molecule has 3 heterocycles. The van der Waals surface area contributed by atoms with Gasteiger partial charge in [-0.2, -0.15) is 5.10 Å². The second-order valence-electron chi connectivity index (χ2n) is 7.19. The third kappa shape index (κ3) is 3.97. The SMILES string of the molecule is COC[C@H]1CCCN(C(=O)c2ccc(-c3ccc(-c4ccn[nH]4)cc3)nc2)C1. The minimum absolute atomic E-state index is 0.0504. The quantitative estimate of drug-likeness (QED) is 0.738. The summed E-state index contributed by atoms with van der Waals surface area (Å²) in [5.41, 5.74) is 4.55. The van der Waals surface area contributed by atoms with E-state index in [2.05, 4.69) is 15.2 Å². The smallest absolute Gasteiger partial charge is 0.255 e. The lowest BCUT2D eigenvalue weighted by Gasteiger charge is -2.32. The van der Waals surface area contributed by atoms with E-state index in [-0.39, 0.29) is 5.91 Å². The van der Waals surface area contributed by atoms with Gasteiger partial charge in [0, 0.05) is 38.2 Å². The minimum atomic E-state index is 0.0504. The van der Waals surface area contributed by atoms with Crippen LogP contribution in [0.4, 0.5) is 0 Å². The van der Waals surface area contributed by atoms with Crippen molar-refractivity contribution in [3.8, 4) is 22.5 Å². The first-order valence-electron chi connectivity index (χ1n) is 9.59. The summed E-state index contributed by atoms with van der Waals surface area (Å²) in [7, 11) is 1.71. The van der Waals surface area contributed by atoms with Gasteiger partial charge >= 0.3 is 0 Å². The molecule has 1 aliphatic rings. The predicted octanol–water partition coefficient (Wildman–Crippen LogP) is 3.64. The fourth-order valence-electron chi connectivity index (χ4n) is 3.73. The van der Waals surface area contributed by atoms with Crippen LogP contribution in [0.15, 0.2) is 54.9 Å². The van der Waals surface area contributed by atoms with Crippen LogP contribution in [0.3, 0.4) is 0 Å². The zero-order valence-electron chi connectivity index (χ0n) is 16.0. The van der Waals surface area contributed by atoms with Crippen LogP contribution >= 0.6 is 0 Å². The molecule has 6 heteroatoms. The number of rotatable bonds is 5. The monoisotopic (exact) mass is 376 g/mol. The maximum Gasteiger partial charge on any atom is 0.255 e. The Labute approximate surface area is 164 Å². The molecule has 1 aliphatic heterocycles. The number of aromatic amines is 1. The van der Waals surface area contributed by atoms with Crippen molar-refractivity contribution >= 4 is 5.91 Å². The normalized spacial score (nSPS) is 16.9. The van der Waals surface area contributed by atoms with Crippen molar-refractivity contribution in [3.05, 3.63) is 60.4 Å². The topological polar surface area (TPSA) is 71.1 Å². The number of hydrogen-bond acceptors (Lipinski definition) is 4. The zero-order chi connectivity index (χ0) is 19.3. The lowest BCUT2D eigenvalue weighted by Crippen LogP contribution is -2.41. The molecular formula is C22H24N4O2. The van der Waals surface area contributed by atoms with Gasteiger partial charge < -0.3 is 9.64 Å². The van der Waals surface area contributed by atoms with Gasteiger partial charge in [0.2, 0.25) is 0 Å². The second-order valence-corrected chi connectivity index (χ2v) is 7.19. The number of H-pyrrole nitrogens is 1. The van der Waals surface area contributed by atoms with E-state index in [9.17, 15) is 4.79 Å². The van der Waals surface area contributed by atoms with Crippen LogP contribution in [0.5, 0.6) is 0 Å². The van der Waals surface area contributed by atoms with Crippen molar-refractivity contribution in [2.45, 2.75) is 12.8 Å². The predicted molar refractivity (Wildman–Crippen MR) is 108 cm³/mol. The summed E-state index contributed by atoms with van der Waals surface area (Å²) in [6, 6.07) is 13.8. The molecule has 3 aromatic rings. The molecule has 0 spiro atoms. The van der Waals surface area contributed by atoms with Gasteiger partial charge in [-0.15, -0.1) is 0 Å². The highest BCUT2D eigenvalue weighted by Crippen LogP contribution is 2.23. The van der Waals surface area contributed by atoms with Crippen LogP contribution < -0.4 is 0 Å². The molecule has 1 fully saturated rings. The molecule has 2 aromatic heterocycles. The number of likely N-dealkylation sites (tertiary alicyclic amines) is 1. The van der Waals surface area contributed by atoms with E-state index in [1.807, 2.05) is 47.4 Å². The summed E-state index contributed by atoms with van der Waals surface area (Å²) in [6.45, 7) is 2.26. The molecule has 6 nitrogen and oxygen atoms in total. The van der Waals surface area contributed by atoms with Crippen LogP contribution in [0.25, 0.3) is 22.5 Å². The summed E-state index contributed by atoms with van der Waals surface area (Å²) >= 11 is 0. The lowest BCUT2D eigenvalue weighted by atomic mass is 9.98. The number of benzene rings is 1.